The zero-order valence-corrected chi connectivity index (χ0v) is 18.2. The largest absolute Gasteiger partial charge is 0.457 e. The molecule has 1 aromatic heterocycles. The predicted octanol–water partition coefficient (Wildman–Crippen LogP) is 3.63. The van der Waals surface area contributed by atoms with Crippen molar-refractivity contribution in [3.63, 3.8) is 0 Å². The van der Waals surface area contributed by atoms with Crippen LogP contribution < -0.4 is 15.6 Å². The first-order chi connectivity index (χ1) is 15.2. The molecule has 31 heavy (non-hydrogen) atoms. The van der Waals surface area contributed by atoms with Crippen molar-refractivity contribution in [3.05, 3.63) is 70.5 Å². The Morgan fingerprint density at radius 2 is 1.87 bits per heavy atom. The quantitative estimate of drug-likeness (QED) is 0.563. The molecule has 0 aliphatic carbocycles. The Morgan fingerprint density at radius 1 is 1.00 bits per heavy atom. The predicted molar refractivity (Wildman–Crippen MR) is 124 cm³/mol. The standard InChI is InChI=1S/C25H31N3O3/c1-2-30-16-15-28-24-18-23(31-22-7-4-3-5-8-22)10-9-20(24)17-21(25(28)29)19-27-13-6-11-26-12-14-27/h3-5,7-10,17-18,26H,2,6,11-16,19H2,1H3. The summed E-state index contributed by atoms with van der Waals surface area (Å²) >= 11 is 0. The molecule has 0 saturated carbocycles. The van der Waals surface area contributed by atoms with Crippen LogP contribution in [0.5, 0.6) is 11.5 Å². The number of nitrogens with one attached hydrogen (secondary N) is 1. The van der Waals surface area contributed by atoms with Gasteiger partial charge in [0.15, 0.2) is 0 Å². The van der Waals surface area contributed by atoms with Crippen LogP contribution in [0.25, 0.3) is 10.9 Å². The lowest BCUT2D eigenvalue weighted by Gasteiger charge is -2.21. The summed E-state index contributed by atoms with van der Waals surface area (Å²) in [4.78, 5) is 15.8. The highest BCUT2D eigenvalue weighted by Crippen LogP contribution is 2.26. The molecule has 6 heteroatoms. The number of rotatable bonds is 8. The normalized spacial score (nSPS) is 15.1. The molecule has 164 valence electrons. The van der Waals surface area contributed by atoms with Crippen LogP contribution in [-0.2, 0) is 17.8 Å². The minimum absolute atomic E-state index is 0.0567. The molecule has 1 aliphatic rings. The van der Waals surface area contributed by atoms with Crippen molar-refractivity contribution < 1.29 is 9.47 Å². The monoisotopic (exact) mass is 421 g/mol. The van der Waals surface area contributed by atoms with E-state index in [0.717, 1.165) is 60.6 Å². The van der Waals surface area contributed by atoms with E-state index in [1.807, 2.05) is 66.1 Å². The zero-order chi connectivity index (χ0) is 21.5. The average Bonchev–Trinajstić information content (AvgIpc) is 3.06. The first kappa shape index (κ1) is 21.6. The third-order valence-corrected chi connectivity index (χ3v) is 5.61. The van der Waals surface area contributed by atoms with Crippen LogP contribution in [0.2, 0.25) is 0 Å². The summed E-state index contributed by atoms with van der Waals surface area (Å²) in [6.45, 7) is 8.27. The summed E-state index contributed by atoms with van der Waals surface area (Å²) in [7, 11) is 0. The fourth-order valence-electron chi connectivity index (χ4n) is 4.04. The third kappa shape index (κ3) is 5.53. The Bertz CT molecular complexity index is 1040. The van der Waals surface area contributed by atoms with Gasteiger partial charge in [-0.3, -0.25) is 9.69 Å². The van der Waals surface area contributed by atoms with Crippen molar-refractivity contribution in [1.82, 2.24) is 14.8 Å². The molecule has 1 fully saturated rings. The minimum Gasteiger partial charge on any atom is -0.457 e. The van der Waals surface area contributed by atoms with E-state index in [2.05, 4.69) is 10.2 Å². The van der Waals surface area contributed by atoms with Crippen molar-refractivity contribution in [2.75, 3.05) is 39.4 Å². The summed E-state index contributed by atoms with van der Waals surface area (Å²) < 4.78 is 13.4. The molecule has 1 saturated heterocycles. The Balaban J connectivity index is 1.68. The van der Waals surface area contributed by atoms with Gasteiger partial charge >= 0.3 is 0 Å². The molecule has 3 aromatic rings. The maximum atomic E-state index is 13.4. The molecule has 2 aromatic carbocycles. The highest BCUT2D eigenvalue weighted by atomic mass is 16.5. The highest BCUT2D eigenvalue weighted by Gasteiger charge is 2.15. The molecular weight excluding hydrogens is 390 g/mol. The number of para-hydroxylation sites is 1. The molecule has 1 aliphatic heterocycles. The summed E-state index contributed by atoms with van der Waals surface area (Å²) in [6.07, 6.45) is 1.10. The van der Waals surface area contributed by atoms with E-state index >= 15 is 0 Å². The minimum atomic E-state index is 0.0567. The van der Waals surface area contributed by atoms with Crippen molar-refractivity contribution in [3.8, 4) is 11.5 Å². The number of benzene rings is 2. The summed E-state index contributed by atoms with van der Waals surface area (Å²) in [5.41, 5.74) is 1.77. The topological polar surface area (TPSA) is 55.7 Å². The van der Waals surface area contributed by atoms with Gasteiger partial charge in [0.05, 0.1) is 12.1 Å². The Morgan fingerprint density at radius 3 is 2.71 bits per heavy atom. The smallest absolute Gasteiger partial charge is 0.255 e. The van der Waals surface area contributed by atoms with Gasteiger partial charge in [0.25, 0.3) is 5.56 Å². The fraction of sp³-hybridized carbons (Fsp3) is 0.400. The number of hydrogen-bond acceptors (Lipinski definition) is 5. The number of hydrogen-bond donors (Lipinski definition) is 1. The lowest BCUT2D eigenvalue weighted by atomic mass is 10.1. The molecule has 6 nitrogen and oxygen atoms in total. The maximum Gasteiger partial charge on any atom is 0.255 e. The molecular formula is C25H31N3O3. The summed E-state index contributed by atoms with van der Waals surface area (Å²) in [5.74, 6) is 1.49. The number of aromatic nitrogens is 1. The Labute approximate surface area is 183 Å². The Kier molecular flexibility index (Phi) is 7.35. The molecule has 0 bridgehead atoms. The van der Waals surface area contributed by atoms with Gasteiger partial charge in [-0.1, -0.05) is 18.2 Å². The van der Waals surface area contributed by atoms with Crippen molar-refractivity contribution >= 4 is 10.9 Å². The van der Waals surface area contributed by atoms with Crippen LogP contribution in [0.1, 0.15) is 18.9 Å². The van der Waals surface area contributed by atoms with Crippen LogP contribution in [0.15, 0.2) is 59.4 Å². The van der Waals surface area contributed by atoms with Gasteiger partial charge in [0, 0.05) is 44.4 Å². The molecule has 0 spiro atoms. The van der Waals surface area contributed by atoms with Crippen LogP contribution in [-0.4, -0.2) is 48.9 Å². The molecule has 2 heterocycles. The molecule has 4 rings (SSSR count). The summed E-state index contributed by atoms with van der Waals surface area (Å²) in [6, 6.07) is 17.7. The van der Waals surface area contributed by atoms with Crippen LogP contribution >= 0.6 is 0 Å². The first-order valence-electron chi connectivity index (χ1n) is 11.1. The van der Waals surface area contributed by atoms with E-state index in [4.69, 9.17) is 9.47 Å². The molecule has 0 unspecified atom stereocenters. The fourth-order valence-corrected chi connectivity index (χ4v) is 4.04. The lowest BCUT2D eigenvalue weighted by molar-refractivity contribution is 0.139. The van der Waals surface area contributed by atoms with E-state index in [1.165, 1.54) is 0 Å². The summed E-state index contributed by atoms with van der Waals surface area (Å²) in [5, 5.41) is 4.46. The van der Waals surface area contributed by atoms with Crippen LogP contribution in [0, 0.1) is 0 Å². The van der Waals surface area contributed by atoms with E-state index < -0.39 is 0 Å². The van der Waals surface area contributed by atoms with Gasteiger partial charge in [-0.25, -0.2) is 0 Å². The van der Waals surface area contributed by atoms with Crippen molar-refractivity contribution in [1.29, 1.82) is 0 Å². The average molecular weight is 422 g/mol. The second kappa shape index (κ2) is 10.6. The van der Waals surface area contributed by atoms with Gasteiger partial charge < -0.3 is 19.4 Å². The number of fused-ring (bicyclic) bond motifs is 1. The van der Waals surface area contributed by atoms with E-state index in [-0.39, 0.29) is 5.56 Å². The second-order valence-electron chi connectivity index (χ2n) is 7.84. The van der Waals surface area contributed by atoms with Crippen molar-refractivity contribution in [2.45, 2.75) is 26.4 Å². The zero-order valence-electron chi connectivity index (χ0n) is 18.2. The van der Waals surface area contributed by atoms with Crippen LogP contribution in [0.3, 0.4) is 0 Å². The molecule has 0 amide bonds. The Hall–Kier alpha value is -2.67. The van der Waals surface area contributed by atoms with Gasteiger partial charge in [0.2, 0.25) is 0 Å². The van der Waals surface area contributed by atoms with E-state index in [9.17, 15) is 4.79 Å². The van der Waals surface area contributed by atoms with E-state index in [0.29, 0.717) is 26.3 Å². The van der Waals surface area contributed by atoms with Gasteiger partial charge in [-0.15, -0.1) is 0 Å². The molecule has 0 radical (unpaired) electrons. The molecule has 0 atom stereocenters. The van der Waals surface area contributed by atoms with E-state index in [1.54, 1.807) is 0 Å². The second-order valence-corrected chi connectivity index (χ2v) is 7.84. The first-order valence-corrected chi connectivity index (χ1v) is 11.1. The van der Waals surface area contributed by atoms with Gasteiger partial charge in [-0.05, 0) is 62.2 Å². The maximum absolute atomic E-state index is 13.4. The van der Waals surface area contributed by atoms with Crippen molar-refractivity contribution in [2.24, 2.45) is 0 Å². The molecule has 1 N–H and O–H groups in total. The number of ether oxygens (including phenoxy) is 2. The number of pyridine rings is 1. The third-order valence-electron chi connectivity index (χ3n) is 5.61. The van der Waals surface area contributed by atoms with Crippen LogP contribution in [0.4, 0.5) is 0 Å². The van der Waals surface area contributed by atoms with Gasteiger partial charge in [0.1, 0.15) is 11.5 Å². The SMILES string of the molecule is CCOCCn1c(=O)c(CN2CCCNCC2)cc2ccc(Oc3ccccc3)cc21. The lowest BCUT2D eigenvalue weighted by Crippen LogP contribution is -2.33. The number of nitrogens with zero attached hydrogens (tertiary/aromatic N) is 2. The highest BCUT2D eigenvalue weighted by molar-refractivity contribution is 5.81. The van der Waals surface area contributed by atoms with Gasteiger partial charge in [-0.2, -0.15) is 0 Å².